The largest absolute Gasteiger partial charge is 0.460 e. The summed E-state index contributed by atoms with van der Waals surface area (Å²) in [5.41, 5.74) is -1.22. The van der Waals surface area contributed by atoms with Crippen LogP contribution in [0.1, 0.15) is 93.7 Å². The fourth-order valence-corrected chi connectivity index (χ4v) is 14.4. The second-order valence-corrected chi connectivity index (χ2v) is 22.5. The Hall–Kier alpha value is -1.13. The molecular formula is C29H45BrFN3O3SSi. The lowest BCUT2D eigenvalue weighted by Gasteiger charge is -2.50. The molecule has 0 saturated heterocycles. The number of aliphatic imine (C=N–C) groups is 1. The molecule has 1 aromatic rings. The second-order valence-electron chi connectivity index (χ2n) is 13.5. The SMILES string of the molecule is CC[Si](CC)(CC)c1cc(Br)nc([C@@]2(C)N=C(CC(=O)OC(C)(C)C)C(C)(C)[S@@]3(=O)=NCC4(CC4)CC23)c1F. The van der Waals surface area contributed by atoms with Gasteiger partial charge >= 0.3 is 5.97 Å². The molecule has 0 aromatic carbocycles. The van der Waals surface area contributed by atoms with E-state index in [1.54, 1.807) is 0 Å². The van der Waals surface area contributed by atoms with Crippen molar-refractivity contribution in [3.05, 3.63) is 22.2 Å². The molecule has 10 heteroatoms. The summed E-state index contributed by atoms with van der Waals surface area (Å²) >= 11 is 3.59. The van der Waals surface area contributed by atoms with Crippen LogP contribution in [0.4, 0.5) is 4.39 Å². The van der Waals surface area contributed by atoms with E-state index in [2.05, 4.69) is 36.7 Å². The fourth-order valence-electron chi connectivity index (χ4n) is 6.63. The fraction of sp³-hybridized carbons (Fsp3) is 0.759. The molecule has 4 rings (SSSR count). The highest BCUT2D eigenvalue weighted by Crippen LogP contribution is 2.59. The number of carbonyl (C=O) groups excluding carboxylic acids is 1. The van der Waals surface area contributed by atoms with Crippen LogP contribution in [0.25, 0.3) is 0 Å². The van der Waals surface area contributed by atoms with Gasteiger partial charge in [-0.05, 0) is 93.4 Å². The number of hydrogen-bond donors (Lipinski definition) is 0. The first-order valence-electron chi connectivity index (χ1n) is 14.3. The van der Waals surface area contributed by atoms with Crippen molar-refractivity contribution in [3.63, 3.8) is 0 Å². The highest BCUT2D eigenvalue weighted by molar-refractivity contribution is 9.10. The van der Waals surface area contributed by atoms with Crippen LogP contribution in [0.15, 0.2) is 20.0 Å². The number of fused-ring (bicyclic) bond motifs is 1. The zero-order valence-electron chi connectivity index (χ0n) is 25.0. The lowest BCUT2D eigenvalue weighted by molar-refractivity contribution is -0.153. The van der Waals surface area contributed by atoms with Crippen LogP contribution in [0, 0.1) is 11.2 Å². The van der Waals surface area contributed by atoms with E-state index in [4.69, 9.17) is 19.1 Å². The predicted octanol–water partition coefficient (Wildman–Crippen LogP) is 6.90. The molecule has 0 radical (unpaired) electrons. The Labute approximate surface area is 243 Å². The Bertz CT molecular complexity index is 1320. The lowest BCUT2D eigenvalue weighted by atomic mass is 9.84. The van der Waals surface area contributed by atoms with E-state index in [-0.39, 0.29) is 23.3 Å². The summed E-state index contributed by atoms with van der Waals surface area (Å²) in [6.07, 6.45) is 2.61. The van der Waals surface area contributed by atoms with Crippen LogP contribution < -0.4 is 5.19 Å². The van der Waals surface area contributed by atoms with Crippen LogP contribution >= 0.6 is 15.9 Å². The number of rotatable bonds is 7. The summed E-state index contributed by atoms with van der Waals surface area (Å²) in [4.78, 5) is 23.0. The molecule has 39 heavy (non-hydrogen) atoms. The number of hydrogen-bond acceptors (Lipinski definition) is 6. The zero-order chi connectivity index (χ0) is 29.2. The van der Waals surface area contributed by atoms with E-state index in [0.717, 1.165) is 36.2 Å². The van der Waals surface area contributed by atoms with Crippen molar-refractivity contribution < 1.29 is 18.1 Å². The van der Waals surface area contributed by atoms with Gasteiger partial charge in [-0.15, -0.1) is 0 Å². The minimum absolute atomic E-state index is 0.0151. The first-order valence-corrected chi connectivity index (χ1v) is 19.3. The first kappa shape index (κ1) is 30.8. The van der Waals surface area contributed by atoms with Gasteiger partial charge in [0.05, 0.1) is 40.8 Å². The zero-order valence-corrected chi connectivity index (χ0v) is 28.4. The lowest BCUT2D eigenvalue weighted by Crippen LogP contribution is -2.60. The second kappa shape index (κ2) is 10.0. The van der Waals surface area contributed by atoms with Crippen molar-refractivity contribution in [3.8, 4) is 0 Å². The molecule has 0 N–H and O–H groups in total. The van der Waals surface area contributed by atoms with Crippen molar-refractivity contribution in [1.82, 2.24) is 4.98 Å². The Kier molecular flexibility index (Phi) is 7.90. The molecule has 1 fully saturated rings. The molecule has 0 bridgehead atoms. The number of halogens is 2. The quantitative estimate of drug-likeness (QED) is 0.184. The van der Waals surface area contributed by atoms with Gasteiger partial charge in [0.25, 0.3) is 0 Å². The highest BCUT2D eigenvalue weighted by atomic mass is 79.9. The van der Waals surface area contributed by atoms with Gasteiger partial charge in [0, 0.05) is 5.71 Å². The predicted molar refractivity (Wildman–Crippen MR) is 164 cm³/mol. The van der Waals surface area contributed by atoms with Crippen molar-refractivity contribution in [2.45, 2.75) is 127 Å². The van der Waals surface area contributed by atoms with Crippen molar-refractivity contribution in [2.75, 3.05) is 6.54 Å². The molecule has 6 nitrogen and oxygen atoms in total. The molecule has 2 aliphatic heterocycles. The number of carbonyl (C=O) groups is 1. The van der Waals surface area contributed by atoms with E-state index in [9.17, 15) is 4.79 Å². The smallest absolute Gasteiger partial charge is 0.312 e. The van der Waals surface area contributed by atoms with Gasteiger partial charge in [0.2, 0.25) is 0 Å². The molecule has 3 heterocycles. The molecule has 3 aliphatic rings. The average Bonchev–Trinajstić information content (AvgIpc) is 3.60. The van der Waals surface area contributed by atoms with Gasteiger partial charge in [-0.25, -0.2) is 17.9 Å². The maximum absolute atomic E-state index is 16.9. The summed E-state index contributed by atoms with van der Waals surface area (Å²) in [6.45, 7) is 18.1. The number of ether oxygens (including phenoxy) is 1. The van der Waals surface area contributed by atoms with Gasteiger partial charge in [0.15, 0.2) is 0 Å². The van der Waals surface area contributed by atoms with Crippen LogP contribution in [-0.4, -0.2) is 51.1 Å². The molecule has 0 amide bonds. The molecule has 1 spiro atoms. The number of aromatic nitrogens is 1. The Morgan fingerprint density at radius 3 is 2.28 bits per heavy atom. The van der Waals surface area contributed by atoms with Crippen LogP contribution in [0.5, 0.6) is 0 Å². The number of esters is 1. The third-order valence-corrected chi connectivity index (χ3v) is 19.3. The van der Waals surface area contributed by atoms with Crippen LogP contribution in [0.2, 0.25) is 18.1 Å². The van der Waals surface area contributed by atoms with Crippen LogP contribution in [-0.2, 0) is 24.8 Å². The van der Waals surface area contributed by atoms with Gasteiger partial charge in [-0.1, -0.05) is 38.9 Å². The van der Waals surface area contributed by atoms with E-state index in [1.807, 2.05) is 47.6 Å². The van der Waals surface area contributed by atoms with Gasteiger partial charge < -0.3 is 4.74 Å². The Balaban J connectivity index is 1.99. The standard InChI is InChI=1S/C29H45BrFN3O3SSi/c1-10-39(11-2,12-3)19-15-22(30)33-25(24(19)31)28(9)21-17-29(13-14-29)18-32-38(21,36)27(7,8)20(34-28)16-23(35)37-26(4,5)6/h15,21H,10-14,16-18H2,1-9H3/t21?,28-,38+/m0/s1. The Morgan fingerprint density at radius 2 is 1.77 bits per heavy atom. The first-order chi connectivity index (χ1) is 17.9. The van der Waals surface area contributed by atoms with Crippen molar-refractivity contribution in [2.24, 2.45) is 14.8 Å². The minimum Gasteiger partial charge on any atom is -0.460 e. The average molecular weight is 643 g/mol. The van der Waals surface area contributed by atoms with E-state index in [0.29, 0.717) is 23.3 Å². The van der Waals surface area contributed by atoms with Crippen LogP contribution in [0.3, 0.4) is 0 Å². The Morgan fingerprint density at radius 1 is 1.18 bits per heavy atom. The van der Waals surface area contributed by atoms with E-state index >= 15 is 8.60 Å². The number of nitrogens with zero attached hydrogens (tertiary/aromatic N) is 3. The minimum atomic E-state index is -2.95. The maximum atomic E-state index is 16.9. The topological polar surface area (TPSA) is 81.0 Å². The maximum Gasteiger partial charge on any atom is 0.312 e. The monoisotopic (exact) mass is 641 g/mol. The van der Waals surface area contributed by atoms with E-state index < -0.39 is 44.9 Å². The molecule has 3 atom stereocenters. The number of pyridine rings is 1. The van der Waals surface area contributed by atoms with E-state index in [1.165, 1.54) is 0 Å². The highest BCUT2D eigenvalue weighted by Gasteiger charge is 2.62. The molecule has 1 saturated carbocycles. The normalized spacial score (nSPS) is 29.3. The summed E-state index contributed by atoms with van der Waals surface area (Å²) in [5.74, 6) is -0.763. The third-order valence-electron chi connectivity index (χ3n) is 9.71. The van der Waals surface area contributed by atoms with Gasteiger partial charge in [0.1, 0.15) is 27.3 Å². The molecule has 218 valence electrons. The third kappa shape index (κ3) is 5.09. The van der Waals surface area contributed by atoms with Crippen molar-refractivity contribution in [1.29, 1.82) is 0 Å². The molecule has 1 aromatic heterocycles. The summed E-state index contributed by atoms with van der Waals surface area (Å²) in [7, 11) is -5.09. The molecular weight excluding hydrogens is 597 g/mol. The summed E-state index contributed by atoms with van der Waals surface area (Å²) in [5, 5.41) is 0.242. The molecule has 1 aliphatic carbocycles. The molecule has 1 unspecified atom stereocenters. The summed E-state index contributed by atoms with van der Waals surface area (Å²) in [6, 6.07) is 4.61. The van der Waals surface area contributed by atoms with Gasteiger partial charge in [-0.2, -0.15) is 0 Å². The van der Waals surface area contributed by atoms with Crippen molar-refractivity contribution >= 4 is 50.6 Å². The summed E-state index contributed by atoms with van der Waals surface area (Å²) < 4.78 is 42.2. The van der Waals surface area contributed by atoms with Gasteiger partial charge in [-0.3, -0.25) is 9.79 Å².